The first-order valence-electron chi connectivity index (χ1n) is 13.9. The number of hydrogen-bond acceptors (Lipinski definition) is 9. The lowest BCUT2D eigenvalue weighted by Gasteiger charge is -2.51. The standard InChI is InChI=1S/C28H37N9O3/c1-17(2)12-21-32-18-6-4-5-7-19(18)36(21)13-22(38)35-10-8-28(9-11-35)15-27(3,39)20(14-40-28)37-16-31-23-24(29)33-26(30)34-25(23)37/h4-7,16-17,20,39H,8-15H2,1-3H3,(H4,29,30,33,34)/t20-,27-/m1/s1. The molecule has 12 nitrogen and oxygen atoms in total. The quantitative estimate of drug-likeness (QED) is 0.340. The number of imidazole rings is 2. The first-order valence-corrected chi connectivity index (χ1v) is 13.9. The second kappa shape index (κ2) is 9.70. The molecule has 6 rings (SSSR count). The number of carbonyl (C=O) groups is 1. The molecule has 0 radical (unpaired) electrons. The average Bonchev–Trinajstić information content (AvgIpc) is 3.45. The number of fused-ring (bicyclic) bond motifs is 2. The first-order chi connectivity index (χ1) is 19.1. The number of amides is 1. The number of anilines is 2. The zero-order valence-electron chi connectivity index (χ0n) is 23.2. The number of aliphatic hydroxyl groups is 1. The monoisotopic (exact) mass is 547 g/mol. The van der Waals surface area contributed by atoms with E-state index in [0.29, 0.717) is 49.4 Å². The predicted octanol–water partition coefficient (Wildman–Crippen LogP) is 2.31. The van der Waals surface area contributed by atoms with Crippen molar-refractivity contribution in [3.63, 3.8) is 0 Å². The van der Waals surface area contributed by atoms with E-state index in [9.17, 15) is 9.90 Å². The molecule has 5 heterocycles. The lowest BCUT2D eigenvalue weighted by molar-refractivity contribution is -0.197. The molecule has 0 unspecified atom stereocenters. The number of rotatable bonds is 5. The van der Waals surface area contributed by atoms with Gasteiger partial charge in [0.1, 0.15) is 17.9 Å². The first kappa shape index (κ1) is 26.5. The van der Waals surface area contributed by atoms with Crippen LogP contribution in [-0.2, 0) is 22.5 Å². The Balaban J connectivity index is 1.15. The molecule has 2 atom stereocenters. The van der Waals surface area contributed by atoms with Gasteiger partial charge in [-0.1, -0.05) is 26.0 Å². The largest absolute Gasteiger partial charge is 0.388 e. The van der Waals surface area contributed by atoms with Gasteiger partial charge in [-0.15, -0.1) is 0 Å². The van der Waals surface area contributed by atoms with Crippen LogP contribution in [0.4, 0.5) is 11.8 Å². The van der Waals surface area contributed by atoms with E-state index in [1.165, 1.54) is 0 Å². The summed E-state index contributed by atoms with van der Waals surface area (Å²) in [6.45, 7) is 7.81. The van der Waals surface area contributed by atoms with Crippen molar-refractivity contribution in [3.05, 3.63) is 36.4 Å². The fourth-order valence-corrected chi connectivity index (χ4v) is 6.36. The van der Waals surface area contributed by atoms with Crippen LogP contribution in [0.15, 0.2) is 30.6 Å². The fourth-order valence-electron chi connectivity index (χ4n) is 6.36. The molecule has 0 aliphatic carbocycles. The Morgan fingerprint density at radius 2 is 1.93 bits per heavy atom. The van der Waals surface area contributed by atoms with Crippen molar-refractivity contribution in [3.8, 4) is 0 Å². The molecule has 3 aromatic heterocycles. The van der Waals surface area contributed by atoms with Crippen molar-refractivity contribution < 1.29 is 14.6 Å². The Bertz CT molecular complexity index is 1570. The van der Waals surface area contributed by atoms with Gasteiger partial charge in [-0.25, -0.2) is 9.97 Å². The zero-order chi connectivity index (χ0) is 28.2. The molecular weight excluding hydrogens is 510 g/mol. The van der Waals surface area contributed by atoms with Crippen molar-refractivity contribution in [1.82, 2.24) is 34.0 Å². The smallest absolute Gasteiger partial charge is 0.242 e. The van der Waals surface area contributed by atoms with E-state index in [4.69, 9.17) is 21.2 Å². The third-order valence-corrected chi connectivity index (χ3v) is 8.39. The van der Waals surface area contributed by atoms with Crippen molar-refractivity contribution in [2.75, 3.05) is 31.2 Å². The summed E-state index contributed by atoms with van der Waals surface area (Å²) in [5, 5.41) is 11.6. The number of likely N-dealkylation sites (tertiary alicyclic amines) is 1. The Morgan fingerprint density at radius 1 is 1.18 bits per heavy atom. The van der Waals surface area contributed by atoms with Crippen LogP contribution in [0, 0.1) is 5.92 Å². The summed E-state index contributed by atoms with van der Waals surface area (Å²) >= 11 is 0. The van der Waals surface area contributed by atoms with Crippen LogP contribution in [0.2, 0.25) is 0 Å². The molecule has 1 spiro atoms. The maximum atomic E-state index is 13.5. The Labute approximate surface area is 232 Å². The third-order valence-electron chi connectivity index (χ3n) is 8.39. The molecule has 2 aliphatic rings. The normalized spacial score (nSPS) is 23.0. The van der Waals surface area contributed by atoms with Crippen molar-refractivity contribution in [2.45, 2.75) is 70.2 Å². The second-order valence-corrected chi connectivity index (χ2v) is 11.9. The molecule has 2 saturated heterocycles. The van der Waals surface area contributed by atoms with Crippen LogP contribution < -0.4 is 11.5 Å². The summed E-state index contributed by atoms with van der Waals surface area (Å²) < 4.78 is 10.3. The van der Waals surface area contributed by atoms with Crippen LogP contribution >= 0.6 is 0 Å². The number of ether oxygens (including phenoxy) is 1. The molecule has 1 aromatic carbocycles. The minimum atomic E-state index is -1.10. The highest BCUT2D eigenvalue weighted by molar-refractivity contribution is 5.83. The summed E-state index contributed by atoms with van der Waals surface area (Å²) in [5.74, 6) is 1.70. The highest BCUT2D eigenvalue weighted by atomic mass is 16.5. The number of hydrogen-bond donors (Lipinski definition) is 3. The molecule has 1 amide bonds. The minimum Gasteiger partial charge on any atom is -0.388 e. The number of nitrogens with zero attached hydrogens (tertiary/aromatic N) is 7. The number of para-hydroxylation sites is 2. The van der Waals surface area contributed by atoms with Crippen LogP contribution in [0.25, 0.3) is 22.2 Å². The van der Waals surface area contributed by atoms with Gasteiger partial charge in [0, 0.05) is 25.9 Å². The van der Waals surface area contributed by atoms with Gasteiger partial charge in [0.05, 0.1) is 41.2 Å². The maximum Gasteiger partial charge on any atom is 0.242 e. The van der Waals surface area contributed by atoms with Crippen LogP contribution in [0.5, 0.6) is 0 Å². The Kier molecular flexibility index (Phi) is 6.42. The van der Waals surface area contributed by atoms with Crippen molar-refractivity contribution in [2.24, 2.45) is 5.92 Å². The molecule has 212 valence electrons. The van der Waals surface area contributed by atoms with Gasteiger partial charge in [-0.05, 0) is 37.8 Å². The summed E-state index contributed by atoms with van der Waals surface area (Å²) in [6, 6.07) is 7.55. The van der Waals surface area contributed by atoms with Crippen LogP contribution in [0.3, 0.4) is 0 Å². The molecule has 2 fully saturated rings. The summed E-state index contributed by atoms with van der Waals surface area (Å²) in [7, 11) is 0. The number of carbonyl (C=O) groups excluding carboxylic acids is 1. The maximum absolute atomic E-state index is 13.5. The van der Waals surface area contributed by atoms with E-state index in [0.717, 1.165) is 23.3 Å². The van der Waals surface area contributed by atoms with Crippen molar-refractivity contribution >= 4 is 39.9 Å². The Hall–Kier alpha value is -3.77. The Morgan fingerprint density at radius 3 is 2.65 bits per heavy atom. The fraction of sp³-hybridized carbons (Fsp3) is 0.536. The van der Waals surface area contributed by atoms with E-state index >= 15 is 0 Å². The van der Waals surface area contributed by atoms with Crippen molar-refractivity contribution in [1.29, 1.82) is 0 Å². The van der Waals surface area contributed by atoms with E-state index in [-0.39, 0.29) is 30.8 Å². The van der Waals surface area contributed by atoms with E-state index in [2.05, 4.69) is 33.4 Å². The molecule has 0 bridgehead atoms. The lowest BCUT2D eigenvalue weighted by Crippen LogP contribution is -2.58. The molecule has 0 saturated carbocycles. The van der Waals surface area contributed by atoms with Gasteiger partial charge >= 0.3 is 0 Å². The predicted molar refractivity (Wildman–Crippen MR) is 151 cm³/mol. The van der Waals surface area contributed by atoms with Gasteiger partial charge in [0.15, 0.2) is 11.5 Å². The van der Waals surface area contributed by atoms with E-state index in [1.54, 1.807) is 10.9 Å². The molecule has 12 heteroatoms. The van der Waals surface area contributed by atoms with E-state index in [1.807, 2.05) is 36.1 Å². The topological polar surface area (TPSA) is 163 Å². The SMILES string of the molecule is CC(C)Cc1nc2ccccc2n1CC(=O)N1CCC2(CC1)C[C@@](C)(O)[C@H](n1cnc3c(N)nc(N)nc31)CO2. The highest BCUT2D eigenvalue weighted by Crippen LogP contribution is 2.44. The number of piperidine rings is 1. The summed E-state index contributed by atoms with van der Waals surface area (Å²) in [4.78, 5) is 32.8. The molecule has 5 N–H and O–H groups in total. The molecular formula is C28H37N9O3. The lowest BCUT2D eigenvalue weighted by atomic mass is 9.75. The van der Waals surface area contributed by atoms with Gasteiger partial charge < -0.3 is 35.3 Å². The van der Waals surface area contributed by atoms with Gasteiger partial charge in [0.25, 0.3) is 0 Å². The van der Waals surface area contributed by atoms with E-state index < -0.39 is 17.2 Å². The average molecular weight is 548 g/mol. The number of nitrogen functional groups attached to an aromatic ring is 2. The summed E-state index contributed by atoms with van der Waals surface area (Å²) in [6.07, 6.45) is 4.14. The molecule has 40 heavy (non-hydrogen) atoms. The van der Waals surface area contributed by atoms with Gasteiger partial charge in [-0.2, -0.15) is 9.97 Å². The number of aromatic nitrogens is 6. The zero-order valence-corrected chi connectivity index (χ0v) is 23.2. The molecule has 2 aliphatic heterocycles. The highest BCUT2D eigenvalue weighted by Gasteiger charge is 2.50. The van der Waals surface area contributed by atoms with Crippen LogP contribution in [-0.4, -0.2) is 75.9 Å². The van der Waals surface area contributed by atoms with Gasteiger partial charge in [0.2, 0.25) is 11.9 Å². The van der Waals surface area contributed by atoms with Crippen LogP contribution in [0.1, 0.15) is 51.9 Å². The number of benzene rings is 1. The second-order valence-electron chi connectivity index (χ2n) is 11.9. The number of nitrogens with two attached hydrogens (primary N) is 2. The third kappa shape index (κ3) is 4.64. The van der Waals surface area contributed by atoms with Gasteiger partial charge in [-0.3, -0.25) is 4.79 Å². The minimum absolute atomic E-state index is 0.0525. The molecule has 4 aromatic rings. The summed E-state index contributed by atoms with van der Waals surface area (Å²) in [5.41, 5.74) is 13.0.